The molecule has 0 spiro atoms. The molecule has 23 heavy (non-hydrogen) atoms. The predicted molar refractivity (Wildman–Crippen MR) is 92.1 cm³/mol. The van der Waals surface area contributed by atoms with Gasteiger partial charge in [-0.15, -0.1) is 0 Å². The zero-order chi connectivity index (χ0) is 16.1. The molecule has 124 valence electrons. The van der Waals surface area contributed by atoms with Gasteiger partial charge in [0.05, 0.1) is 11.8 Å². The number of aromatic nitrogens is 2. The van der Waals surface area contributed by atoms with E-state index >= 15 is 0 Å². The lowest BCUT2D eigenvalue weighted by atomic mass is 9.88. The number of aryl methyl sites for hydroxylation is 1. The van der Waals surface area contributed by atoms with Crippen molar-refractivity contribution in [2.24, 2.45) is 5.92 Å². The van der Waals surface area contributed by atoms with Gasteiger partial charge in [-0.1, -0.05) is 30.3 Å². The third-order valence-corrected chi connectivity index (χ3v) is 4.87. The van der Waals surface area contributed by atoms with Crippen molar-refractivity contribution in [3.8, 4) is 0 Å². The van der Waals surface area contributed by atoms with Crippen LogP contribution in [0.5, 0.6) is 0 Å². The molecule has 1 aliphatic heterocycles. The van der Waals surface area contributed by atoms with Gasteiger partial charge in [-0.05, 0) is 56.8 Å². The fraction of sp³-hybridized carbons (Fsp3) is 0.526. The first-order valence-electron chi connectivity index (χ1n) is 8.71. The van der Waals surface area contributed by atoms with Gasteiger partial charge in [0.25, 0.3) is 0 Å². The maximum Gasteiger partial charge on any atom is 0.0764 e. The molecule has 0 unspecified atom stereocenters. The Morgan fingerprint density at radius 1 is 1.17 bits per heavy atom. The third kappa shape index (κ3) is 4.43. The summed E-state index contributed by atoms with van der Waals surface area (Å²) in [6.45, 7) is 6.06. The average Bonchev–Trinajstić information content (AvgIpc) is 3.04. The summed E-state index contributed by atoms with van der Waals surface area (Å²) in [6, 6.07) is 12.4. The van der Waals surface area contributed by atoms with Crippen molar-refractivity contribution in [2.45, 2.75) is 45.4 Å². The van der Waals surface area contributed by atoms with Crippen molar-refractivity contribution in [3.05, 3.63) is 53.9 Å². The van der Waals surface area contributed by atoms with Gasteiger partial charge in [0.15, 0.2) is 0 Å². The highest BCUT2D eigenvalue weighted by Crippen LogP contribution is 2.24. The lowest BCUT2D eigenvalue weighted by molar-refractivity contribution is 0.0572. The lowest BCUT2D eigenvalue weighted by Gasteiger charge is -2.34. The maximum absolute atomic E-state index is 10.5. The van der Waals surface area contributed by atoms with Crippen molar-refractivity contribution in [3.63, 3.8) is 0 Å². The van der Waals surface area contributed by atoms with Crippen LogP contribution in [0.15, 0.2) is 42.6 Å². The standard InChI is InChI=1S/C19H27N3O/c1-2-22-13-10-18(20-22)15-21-11-8-17(9-12-21)19(23)14-16-6-4-3-5-7-16/h3-7,10,13,17,19,23H,2,8-9,11-12,14-15H2,1H3/t19-/m1/s1. The Kier molecular flexibility index (Phi) is 5.47. The molecular formula is C19H27N3O. The van der Waals surface area contributed by atoms with Crippen LogP contribution in [0.25, 0.3) is 0 Å². The molecular weight excluding hydrogens is 286 g/mol. The molecule has 3 rings (SSSR count). The van der Waals surface area contributed by atoms with Gasteiger partial charge in [-0.2, -0.15) is 5.10 Å². The van der Waals surface area contributed by atoms with Gasteiger partial charge in [0, 0.05) is 19.3 Å². The summed E-state index contributed by atoms with van der Waals surface area (Å²) >= 11 is 0. The highest BCUT2D eigenvalue weighted by Gasteiger charge is 2.25. The quantitative estimate of drug-likeness (QED) is 0.891. The van der Waals surface area contributed by atoms with Gasteiger partial charge in [0.2, 0.25) is 0 Å². The molecule has 2 heterocycles. The van der Waals surface area contributed by atoms with E-state index in [-0.39, 0.29) is 6.10 Å². The van der Waals surface area contributed by atoms with Crippen LogP contribution < -0.4 is 0 Å². The van der Waals surface area contributed by atoms with Crippen LogP contribution in [0, 0.1) is 5.92 Å². The number of aliphatic hydroxyl groups excluding tert-OH is 1. The molecule has 4 heteroatoms. The van der Waals surface area contributed by atoms with E-state index in [0.29, 0.717) is 5.92 Å². The summed E-state index contributed by atoms with van der Waals surface area (Å²) in [5.74, 6) is 0.416. The summed E-state index contributed by atoms with van der Waals surface area (Å²) in [5.41, 5.74) is 2.38. The fourth-order valence-corrected chi connectivity index (χ4v) is 3.41. The molecule has 0 amide bonds. The van der Waals surface area contributed by atoms with Crippen molar-refractivity contribution < 1.29 is 5.11 Å². The molecule has 2 aromatic rings. The van der Waals surface area contributed by atoms with Gasteiger partial charge in [0.1, 0.15) is 0 Å². The van der Waals surface area contributed by atoms with E-state index in [4.69, 9.17) is 0 Å². The van der Waals surface area contributed by atoms with E-state index in [9.17, 15) is 5.11 Å². The monoisotopic (exact) mass is 313 g/mol. The molecule has 1 saturated heterocycles. The van der Waals surface area contributed by atoms with E-state index in [0.717, 1.165) is 51.1 Å². The number of hydrogen-bond acceptors (Lipinski definition) is 3. The van der Waals surface area contributed by atoms with E-state index in [1.807, 2.05) is 29.1 Å². The molecule has 1 aromatic heterocycles. The lowest BCUT2D eigenvalue weighted by Crippen LogP contribution is -2.38. The summed E-state index contributed by atoms with van der Waals surface area (Å²) in [5, 5.41) is 15.1. The van der Waals surface area contributed by atoms with E-state index < -0.39 is 0 Å². The SMILES string of the molecule is CCn1ccc(CN2CCC([C@H](O)Cc3ccccc3)CC2)n1. The summed E-state index contributed by atoms with van der Waals surface area (Å²) in [6.07, 6.45) is 4.74. The van der Waals surface area contributed by atoms with Crippen LogP contribution in [0.1, 0.15) is 31.0 Å². The number of benzene rings is 1. The van der Waals surface area contributed by atoms with Crippen molar-refractivity contribution in [1.82, 2.24) is 14.7 Å². The van der Waals surface area contributed by atoms with Gasteiger partial charge in [-0.25, -0.2) is 0 Å². The first kappa shape index (κ1) is 16.2. The highest BCUT2D eigenvalue weighted by atomic mass is 16.3. The van der Waals surface area contributed by atoms with Crippen molar-refractivity contribution >= 4 is 0 Å². The van der Waals surface area contributed by atoms with Crippen LogP contribution in [-0.2, 0) is 19.5 Å². The highest BCUT2D eigenvalue weighted by molar-refractivity contribution is 5.15. The second-order valence-electron chi connectivity index (χ2n) is 6.53. The Morgan fingerprint density at radius 3 is 2.57 bits per heavy atom. The first-order chi connectivity index (χ1) is 11.2. The van der Waals surface area contributed by atoms with E-state index in [1.165, 1.54) is 5.56 Å². The smallest absolute Gasteiger partial charge is 0.0764 e. The Balaban J connectivity index is 1.46. The molecule has 1 aromatic carbocycles. The number of hydrogen-bond donors (Lipinski definition) is 1. The zero-order valence-corrected chi connectivity index (χ0v) is 13.9. The van der Waals surface area contributed by atoms with Crippen LogP contribution >= 0.6 is 0 Å². The van der Waals surface area contributed by atoms with Gasteiger partial charge < -0.3 is 5.11 Å². The molecule has 0 saturated carbocycles. The topological polar surface area (TPSA) is 41.3 Å². The minimum Gasteiger partial charge on any atom is -0.392 e. The molecule has 0 aliphatic carbocycles. The fourth-order valence-electron chi connectivity index (χ4n) is 3.41. The van der Waals surface area contributed by atoms with Crippen LogP contribution in [0.4, 0.5) is 0 Å². The van der Waals surface area contributed by atoms with Crippen LogP contribution in [0.3, 0.4) is 0 Å². The number of aliphatic hydroxyl groups is 1. The normalized spacial score (nSPS) is 18.2. The van der Waals surface area contributed by atoms with Crippen molar-refractivity contribution in [2.75, 3.05) is 13.1 Å². The Morgan fingerprint density at radius 2 is 1.91 bits per heavy atom. The van der Waals surface area contributed by atoms with E-state index in [1.54, 1.807) is 0 Å². The second kappa shape index (κ2) is 7.75. The van der Waals surface area contributed by atoms with Crippen molar-refractivity contribution in [1.29, 1.82) is 0 Å². The van der Waals surface area contributed by atoms with Gasteiger partial charge >= 0.3 is 0 Å². The Hall–Kier alpha value is -1.65. The average molecular weight is 313 g/mol. The Bertz CT molecular complexity index is 588. The minimum absolute atomic E-state index is 0.223. The molecule has 4 nitrogen and oxygen atoms in total. The summed E-state index contributed by atoms with van der Waals surface area (Å²) in [4.78, 5) is 2.45. The zero-order valence-electron chi connectivity index (χ0n) is 13.9. The first-order valence-corrected chi connectivity index (χ1v) is 8.71. The molecule has 1 N–H and O–H groups in total. The number of likely N-dealkylation sites (tertiary alicyclic amines) is 1. The third-order valence-electron chi connectivity index (χ3n) is 4.87. The van der Waals surface area contributed by atoms with Crippen LogP contribution in [0.2, 0.25) is 0 Å². The molecule has 1 fully saturated rings. The number of piperidine rings is 1. The minimum atomic E-state index is -0.223. The molecule has 1 aliphatic rings. The number of nitrogens with zero attached hydrogens (tertiary/aromatic N) is 3. The van der Waals surface area contributed by atoms with Crippen LogP contribution in [-0.4, -0.2) is 39.0 Å². The molecule has 1 atom stereocenters. The van der Waals surface area contributed by atoms with Gasteiger partial charge in [-0.3, -0.25) is 9.58 Å². The summed E-state index contributed by atoms with van der Waals surface area (Å²) < 4.78 is 1.98. The Labute approximate surface area is 138 Å². The molecule has 0 radical (unpaired) electrons. The second-order valence-corrected chi connectivity index (χ2v) is 6.53. The van der Waals surface area contributed by atoms with E-state index in [2.05, 4.69) is 35.1 Å². The number of rotatable bonds is 6. The largest absolute Gasteiger partial charge is 0.392 e. The maximum atomic E-state index is 10.5. The summed E-state index contributed by atoms with van der Waals surface area (Å²) in [7, 11) is 0. The predicted octanol–water partition coefficient (Wildman–Crippen LogP) is 2.72. The molecule has 0 bridgehead atoms.